The van der Waals surface area contributed by atoms with Crippen LogP contribution in [-0.4, -0.2) is 87.3 Å². The molecular weight excluding hydrogens is 484 g/mol. The van der Waals surface area contributed by atoms with E-state index in [0.29, 0.717) is 0 Å². The van der Waals surface area contributed by atoms with Crippen LogP contribution in [0.25, 0.3) is 22.3 Å². The molecule has 5 unspecified atom stereocenters. The van der Waals surface area contributed by atoms with Crippen LogP contribution in [0.3, 0.4) is 0 Å². The van der Waals surface area contributed by atoms with E-state index < -0.39 is 60.0 Å². The Labute approximate surface area is 202 Å². The van der Waals surface area contributed by atoms with Gasteiger partial charge in [0.25, 0.3) is 0 Å². The van der Waals surface area contributed by atoms with Gasteiger partial charge in [-0.05, 0) is 18.2 Å². The number of aromatic hydroxyl groups is 3. The molecule has 0 spiro atoms. The van der Waals surface area contributed by atoms with E-state index >= 15 is 0 Å². The molecule has 5 atom stereocenters. The van der Waals surface area contributed by atoms with Crippen molar-refractivity contribution in [2.45, 2.75) is 30.7 Å². The molecule has 0 aliphatic carbocycles. The molecule has 36 heavy (non-hydrogen) atoms. The summed E-state index contributed by atoms with van der Waals surface area (Å²) in [5, 5.41) is 69.8. The number of phenols is 3. The molecule has 1 aliphatic heterocycles. The Balaban J connectivity index is 1.74. The van der Waals surface area contributed by atoms with Crippen molar-refractivity contribution in [2.75, 3.05) is 20.8 Å². The number of hydrogen-bond acceptors (Lipinski definition) is 13. The molecule has 0 amide bonds. The number of rotatable bonds is 6. The fraction of sp³-hybridized carbons (Fsp3) is 0.348. The van der Waals surface area contributed by atoms with Gasteiger partial charge in [-0.3, -0.25) is 4.79 Å². The van der Waals surface area contributed by atoms with Gasteiger partial charge < -0.3 is 59.1 Å². The van der Waals surface area contributed by atoms with Crippen LogP contribution in [0.5, 0.6) is 34.5 Å². The van der Waals surface area contributed by atoms with Gasteiger partial charge in [-0.2, -0.15) is 0 Å². The number of aliphatic hydroxyl groups excluding tert-OH is 4. The Morgan fingerprint density at radius 1 is 0.917 bits per heavy atom. The maximum Gasteiger partial charge on any atom is 0.239 e. The van der Waals surface area contributed by atoms with E-state index in [-0.39, 0.29) is 39.5 Å². The predicted molar refractivity (Wildman–Crippen MR) is 120 cm³/mol. The number of fused-ring (bicyclic) bond motifs is 1. The number of aliphatic hydroxyl groups is 4. The first kappa shape index (κ1) is 25.3. The summed E-state index contributed by atoms with van der Waals surface area (Å²) in [5.41, 5.74) is -0.787. The first-order valence-corrected chi connectivity index (χ1v) is 10.6. The molecule has 1 aromatic heterocycles. The minimum absolute atomic E-state index is 0.128. The van der Waals surface area contributed by atoms with Gasteiger partial charge in [0.15, 0.2) is 28.8 Å². The Kier molecular flexibility index (Phi) is 6.84. The molecule has 0 saturated carbocycles. The highest BCUT2D eigenvalue weighted by Crippen LogP contribution is 2.44. The second-order valence-electron chi connectivity index (χ2n) is 7.94. The molecule has 0 bridgehead atoms. The molecule has 2 heterocycles. The lowest BCUT2D eigenvalue weighted by atomic mass is 9.99. The Morgan fingerprint density at radius 2 is 1.64 bits per heavy atom. The summed E-state index contributed by atoms with van der Waals surface area (Å²) in [6, 6.07) is 4.99. The van der Waals surface area contributed by atoms with Gasteiger partial charge in [-0.1, -0.05) is 0 Å². The lowest BCUT2D eigenvalue weighted by molar-refractivity contribution is -0.277. The van der Waals surface area contributed by atoms with E-state index in [9.17, 15) is 40.5 Å². The SMILES string of the molecule is COc1cc2oc(-c3ccc(OC4OC(CO)C(O)C(O)C4O)c(O)c3)c(OC)c(=O)c2c(O)c1O. The van der Waals surface area contributed by atoms with Crippen molar-refractivity contribution in [3.63, 3.8) is 0 Å². The van der Waals surface area contributed by atoms with Crippen LogP contribution in [0.15, 0.2) is 33.5 Å². The first-order chi connectivity index (χ1) is 17.1. The fourth-order valence-electron chi connectivity index (χ4n) is 3.86. The van der Waals surface area contributed by atoms with Crippen LogP contribution in [0.2, 0.25) is 0 Å². The van der Waals surface area contributed by atoms with Crippen molar-refractivity contribution in [2.24, 2.45) is 0 Å². The quantitative estimate of drug-likeness (QED) is 0.215. The van der Waals surface area contributed by atoms with Gasteiger partial charge in [-0.25, -0.2) is 0 Å². The zero-order valence-corrected chi connectivity index (χ0v) is 19.0. The fourth-order valence-corrected chi connectivity index (χ4v) is 3.86. The Hall–Kier alpha value is -3.75. The van der Waals surface area contributed by atoms with Crippen molar-refractivity contribution < 1.29 is 59.1 Å². The highest BCUT2D eigenvalue weighted by molar-refractivity contribution is 5.91. The van der Waals surface area contributed by atoms with E-state index in [1.165, 1.54) is 32.4 Å². The van der Waals surface area contributed by atoms with Crippen molar-refractivity contribution in [1.29, 1.82) is 0 Å². The third-order valence-corrected chi connectivity index (χ3v) is 5.79. The lowest BCUT2D eigenvalue weighted by Crippen LogP contribution is -2.60. The Bertz CT molecular complexity index is 1330. The lowest BCUT2D eigenvalue weighted by Gasteiger charge is -2.39. The molecule has 1 aliphatic rings. The maximum absolute atomic E-state index is 13.0. The normalized spacial score (nSPS) is 24.0. The van der Waals surface area contributed by atoms with Crippen LogP contribution < -0.4 is 19.6 Å². The largest absolute Gasteiger partial charge is 0.504 e. The van der Waals surface area contributed by atoms with E-state index in [1.807, 2.05) is 0 Å². The standard InChI is InChI=1S/C23H24O13/c1-32-12-6-11-14(17(28)15(12)26)18(29)22(33-2)21(34-11)8-3-4-10(9(25)5-8)35-23-20(31)19(30)16(27)13(7-24)36-23/h3-6,13,16,19-20,23-28,30-31H,7H2,1-2H3. The highest BCUT2D eigenvalue weighted by Gasteiger charge is 2.45. The molecule has 7 N–H and O–H groups in total. The third kappa shape index (κ3) is 4.12. The summed E-state index contributed by atoms with van der Waals surface area (Å²) in [6.45, 7) is -0.658. The second kappa shape index (κ2) is 9.72. The van der Waals surface area contributed by atoms with Gasteiger partial charge in [-0.15, -0.1) is 0 Å². The minimum Gasteiger partial charge on any atom is -0.504 e. The first-order valence-electron chi connectivity index (χ1n) is 10.6. The molecule has 1 saturated heterocycles. The van der Waals surface area contributed by atoms with Crippen LogP contribution in [0.4, 0.5) is 0 Å². The van der Waals surface area contributed by atoms with E-state index in [1.54, 1.807) is 0 Å². The van der Waals surface area contributed by atoms with Crippen molar-refractivity contribution >= 4 is 11.0 Å². The number of ether oxygens (including phenoxy) is 4. The Morgan fingerprint density at radius 3 is 2.25 bits per heavy atom. The van der Waals surface area contributed by atoms with Crippen LogP contribution in [-0.2, 0) is 4.74 Å². The molecule has 0 radical (unpaired) electrons. The molecule has 13 heteroatoms. The molecule has 2 aromatic carbocycles. The monoisotopic (exact) mass is 508 g/mol. The molecule has 1 fully saturated rings. The van der Waals surface area contributed by atoms with Crippen molar-refractivity contribution in [1.82, 2.24) is 0 Å². The highest BCUT2D eigenvalue weighted by atomic mass is 16.7. The summed E-state index contributed by atoms with van der Waals surface area (Å²) in [4.78, 5) is 13.0. The third-order valence-electron chi connectivity index (χ3n) is 5.79. The van der Waals surface area contributed by atoms with Crippen molar-refractivity contribution in [3.8, 4) is 45.8 Å². The second-order valence-corrected chi connectivity index (χ2v) is 7.94. The summed E-state index contributed by atoms with van der Waals surface area (Å²) in [6.07, 6.45) is -7.69. The molecular formula is C23H24O13. The van der Waals surface area contributed by atoms with E-state index in [2.05, 4.69) is 0 Å². The number of benzene rings is 2. The minimum atomic E-state index is -1.69. The molecule has 4 rings (SSSR count). The number of methoxy groups -OCH3 is 2. The predicted octanol–water partition coefficient (Wildman–Crippen LogP) is -0.227. The smallest absolute Gasteiger partial charge is 0.239 e. The molecule has 13 nitrogen and oxygen atoms in total. The molecule has 194 valence electrons. The molecule has 3 aromatic rings. The number of phenolic OH excluding ortho intramolecular Hbond substituents is 3. The summed E-state index contributed by atoms with van der Waals surface area (Å²) in [7, 11) is 2.44. The van der Waals surface area contributed by atoms with Gasteiger partial charge in [0.05, 0.1) is 20.8 Å². The average molecular weight is 508 g/mol. The summed E-state index contributed by atoms with van der Waals surface area (Å²) < 4.78 is 26.6. The summed E-state index contributed by atoms with van der Waals surface area (Å²) >= 11 is 0. The van der Waals surface area contributed by atoms with Gasteiger partial charge in [0.2, 0.25) is 23.2 Å². The maximum atomic E-state index is 13.0. The zero-order chi connectivity index (χ0) is 26.3. The zero-order valence-electron chi connectivity index (χ0n) is 19.0. The van der Waals surface area contributed by atoms with E-state index in [0.717, 1.165) is 6.07 Å². The summed E-state index contributed by atoms with van der Waals surface area (Å²) in [5.74, 6) is -2.70. The van der Waals surface area contributed by atoms with Crippen LogP contribution in [0.1, 0.15) is 0 Å². The van der Waals surface area contributed by atoms with Gasteiger partial charge in [0.1, 0.15) is 35.4 Å². The topological polar surface area (TPSA) is 209 Å². The van der Waals surface area contributed by atoms with Crippen molar-refractivity contribution in [3.05, 3.63) is 34.5 Å². The van der Waals surface area contributed by atoms with E-state index in [4.69, 9.17) is 23.4 Å². The average Bonchev–Trinajstić information content (AvgIpc) is 2.87. The van der Waals surface area contributed by atoms with Gasteiger partial charge in [0, 0.05) is 11.6 Å². The van der Waals surface area contributed by atoms with Gasteiger partial charge >= 0.3 is 0 Å². The van der Waals surface area contributed by atoms with Crippen LogP contribution in [0, 0.1) is 0 Å². The number of hydrogen-bond donors (Lipinski definition) is 7. The van der Waals surface area contributed by atoms with Crippen LogP contribution >= 0.6 is 0 Å².